The van der Waals surface area contributed by atoms with Gasteiger partial charge in [0.25, 0.3) is 0 Å². The van der Waals surface area contributed by atoms with Crippen LogP contribution in [0.3, 0.4) is 0 Å². The molecule has 1 aliphatic heterocycles. The van der Waals surface area contributed by atoms with Crippen LogP contribution in [0.4, 0.5) is 5.69 Å². The molecule has 98 valence electrons. The molecule has 1 atom stereocenters. The number of rotatable bonds is 3. The number of hydrogen-bond donors (Lipinski definition) is 0. The maximum atomic E-state index is 5.84. The van der Waals surface area contributed by atoms with Crippen LogP contribution in [-0.2, 0) is 4.74 Å². The lowest BCUT2D eigenvalue weighted by Gasteiger charge is -2.34. The summed E-state index contributed by atoms with van der Waals surface area (Å²) in [4.78, 5) is 2.29. The molecular weight excluding hydrogens is 238 g/mol. The van der Waals surface area contributed by atoms with Crippen LogP contribution in [-0.4, -0.2) is 26.0 Å². The molecule has 0 radical (unpaired) electrons. The third kappa shape index (κ3) is 3.06. The summed E-state index contributed by atoms with van der Waals surface area (Å²) in [5.41, 5.74) is 1.22. The second-order valence-corrected chi connectivity index (χ2v) is 4.51. The normalized spacial score (nSPS) is 19.2. The van der Waals surface area contributed by atoms with Crippen molar-refractivity contribution in [2.45, 2.75) is 6.29 Å². The summed E-state index contributed by atoms with van der Waals surface area (Å²) in [6, 6.07) is 20.2. The molecular formula is C16H17NO2. The van der Waals surface area contributed by atoms with Gasteiger partial charge in [-0.15, -0.1) is 0 Å². The fourth-order valence-electron chi connectivity index (χ4n) is 2.21. The Morgan fingerprint density at radius 3 is 2.37 bits per heavy atom. The molecule has 0 spiro atoms. The summed E-state index contributed by atoms with van der Waals surface area (Å²) in [7, 11) is 0. The van der Waals surface area contributed by atoms with E-state index in [2.05, 4.69) is 29.2 Å². The molecule has 3 nitrogen and oxygen atoms in total. The fourth-order valence-corrected chi connectivity index (χ4v) is 2.21. The Morgan fingerprint density at radius 2 is 1.63 bits per heavy atom. The SMILES string of the molecule is c1ccc(OC2CN(c3ccccc3)CCO2)cc1. The van der Waals surface area contributed by atoms with Crippen molar-refractivity contribution in [1.82, 2.24) is 0 Å². The van der Waals surface area contributed by atoms with E-state index in [4.69, 9.17) is 9.47 Å². The topological polar surface area (TPSA) is 21.7 Å². The Bertz CT molecular complexity index is 501. The van der Waals surface area contributed by atoms with E-state index in [0.717, 1.165) is 18.8 Å². The molecule has 3 rings (SSSR count). The molecule has 2 aromatic rings. The zero-order valence-corrected chi connectivity index (χ0v) is 10.7. The number of anilines is 1. The first-order chi connectivity index (χ1) is 9.42. The van der Waals surface area contributed by atoms with Gasteiger partial charge in [0.15, 0.2) is 0 Å². The molecule has 0 aromatic heterocycles. The molecule has 0 saturated carbocycles. The molecule has 0 bridgehead atoms. The van der Waals surface area contributed by atoms with Gasteiger partial charge >= 0.3 is 0 Å². The van der Waals surface area contributed by atoms with Crippen molar-refractivity contribution < 1.29 is 9.47 Å². The number of morpholine rings is 1. The van der Waals surface area contributed by atoms with E-state index < -0.39 is 0 Å². The summed E-state index contributed by atoms with van der Waals surface area (Å²) in [6.07, 6.45) is -0.212. The van der Waals surface area contributed by atoms with E-state index in [0.29, 0.717) is 6.61 Å². The van der Waals surface area contributed by atoms with Gasteiger partial charge in [0, 0.05) is 12.2 Å². The van der Waals surface area contributed by atoms with Crippen molar-refractivity contribution in [3.63, 3.8) is 0 Å². The second kappa shape index (κ2) is 5.76. The second-order valence-electron chi connectivity index (χ2n) is 4.51. The zero-order chi connectivity index (χ0) is 12.9. The first-order valence-electron chi connectivity index (χ1n) is 6.55. The monoisotopic (exact) mass is 255 g/mol. The Balaban J connectivity index is 1.65. The standard InChI is InChI=1S/C16H17NO2/c1-3-7-14(8-4-1)17-11-12-18-16(13-17)19-15-9-5-2-6-10-15/h1-10,16H,11-13H2. The van der Waals surface area contributed by atoms with Gasteiger partial charge in [-0.2, -0.15) is 0 Å². The Kier molecular flexibility index (Phi) is 3.65. The highest BCUT2D eigenvalue weighted by Gasteiger charge is 2.21. The van der Waals surface area contributed by atoms with Crippen LogP contribution in [0.25, 0.3) is 0 Å². The van der Waals surface area contributed by atoms with Crippen molar-refractivity contribution in [1.29, 1.82) is 0 Å². The van der Waals surface area contributed by atoms with Crippen molar-refractivity contribution in [2.24, 2.45) is 0 Å². The summed E-state index contributed by atoms with van der Waals surface area (Å²) < 4.78 is 11.5. The zero-order valence-electron chi connectivity index (χ0n) is 10.7. The van der Waals surface area contributed by atoms with Gasteiger partial charge < -0.3 is 14.4 Å². The van der Waals surface area contributed by atoms with Gasteiger partial charge in [-0.3, -0.25) is 0 Å². The van der Waals surface area contributed by atoms with Crippen LogP contribution < -0.4 is 9.64 Å². The number of para-hydroxylation sites is 2. The van der Waals surface area contributed by atoms with E-state index in [1.54, 1.807) is 0 Å². The lowest BCUT2D eigenvalue weighted by molar-refractivity contribution is -0.0863. The fraction of sp³-hybridized carbons (Fsp3) is 0.250. The quantitative estimate of drug-likeness (QED) is 0.841. The summed E-state index contributed by atoms with van der Waals surface area (Å²) in [6.45, 7) is 2.34. The van der Waals surface area contributed by atoms with Gasteiger partial charge in [-0.25, -0.2) is 0 Å². The summed E-state index contributed by atoms with van der Waals surface area (Å²) in [5, 5.41) is 0. The molecule has 1 unspecified atom stereocenters. The predicted octanol–water partition coefficient (Wildman–Crippen LogP) is 2.93. The summed E-state index contributed by atoms with van der Waals surface area (Å²) >= 11 is 0. The van der Waals surface area contributed by atoms with E-state index in [1.165, 1.54) is 5.69 Å². The van der Waals surface area contributed by atoms with E-state index in [1.807, 2.05) is 36.4 Å². The van der Waals surface area contributed by atoms with Crippen LogP contribution in [0.5, 0.6) is 5.75 Å². The summed E-state index contributed by atoms with van der Waals surface area (Å²) in [5.74, 6) is 0.849. The average molecular weight is 255 g/mol. The van der Waals surface area contributed by atoms with Crippen molar-refractivity contribution in [3.05, 3.63) is 60.7 Å². The molecule has 0 aliphatic carbocycles. The highest BCUT2D eigenvalue weighted by Crippen LogP contribution is 2.19. The third-order valence-electron chi connectivity index (χ3n) is 3.17. The van der Waals surface area contributed by atoms with Crippen LogP contribution in [0.1, 0.15) is 0 Å². The number of benzene rings is 2. The largest absolute Gasteiger partial charge is 0.463 e. The maximum Gasteiger partial charge on any atom is 0.217 e. The van der Waals surface area contributed by atoms with Gasteiger partial charge in [0.05, 0.1) is 13.2 Å². The number of ether oxygens (including phenoxy) is 2. The van der Waals surface area contributed by atoms with E-state index >= 15 is 0 Å². The van der Waals surface area contributed by atoms with Gasteiger partial charge in [-0.05, 0) is 24.3 Å². The minimum absolute atomic E-state index is 0.212. The molecule has 2 aromatic carbocycles. The molecule has 0 amide bonds. The number of hydrogen-bond acceptors (Lipinski definition) is 3. The minimum Gasteiger partial charge on any atom is -0.463 e. The molecule has 1 saturated heterocycles. The Hall–Kier alpha value is -2.00. The molecule has 0 N–H and O–H groups in total. The molecule has 3 heteroatoms. The molecule has 1 heterocycles. The average Bonchev–Trinajstić information content (AvgIpc) is 2.49. The third-order valence-corrected chi connectivity index (χ3v) is 3.17. The predicted molar refractivity (Wildman–Crippen MR) is 75.5 cm³/mol. The first-order valence-corrected chi connectivity index (χ1v) is 6.55. The van der Waals surface area contributed by atoms with E-state index in [9.17, 15) is 0 Å². The molecule has 1 aliphatic rings. The van der Waals surface area contributed by atoms with E-state index in [-0.39, 0.29) is 6.29 Å². The molecule has 1 fully saturated rings. The number of nitrogens with zero attached hydrogens (tertiary/aromatic N) is 1. The highest BCUT2D eigenvalue weighted by molar-refractivity contribution is 5.46. The Morgan fingerprint density at radius 1 is 0.947 bits per heavy atom. The maximum absolute atomic E-state index is 5.84. The van der Waals surface area contributed by atoms with Crippen molar-refractivity contribution >= 4 is 5.69 Å². The van der Waals surface area contributed by atoms with Crippen LogP contribution in [0, 0.1) is 0 Å². The minimum atomic E-state index is -0.212. The Labute approximate surface area is 113 Å². The molecule has 19 heavy (non-hydrogen) atoms. The lowest BCUT2D eigenvalue weighted by atomic mass is 10.2. The van der Waals surface area contributed by atoms with Crippen LogP contribution in [0.2, 0.25) is 0 Å². The first kappa shape index (κ1) is 12.1. The van der Waals surface area contributed by atoms with Crippen LogP contribution in [0.15, 0.2) is 60.7 Å². The van der Waals surface area contributed by atoms with Gasteiger partial charge in [0.2, 0.25) is 6.29 Å². The van der Waals surface area contributed by atoms with Crippen LogP contribution >= 0.6 is 0 Å². The van der Waals surface area contributed by atoms with Crippen molar-refractivity contribution in [3.8, 4) is 5.75 Å². The van der Waals surface area contributed by atoms with Crippen molar-refractivity contribution in [2.75, 3.05) is 24.6 Å². The smallest absolute Gasteiger partial charge is 0.217 e. The van der Waals surface area contributed by atoms with Gasteiger partial charge in [-0.1, -0.05) is 36.4 Å². The lowest BCUT2D eigenvalue weighted by Crippen LogP contribution is -2.45. The van der Waals surface area contributed by atoms with Gasteiger partial charge in [0.1, 0.15) is 5.75 Å². The highest BCUT2D eigenvalue weighted by atomic mass is 16.7.